The van der Waals surface area contributed by atoms with Gasteiger partial charge >= 0.3 is 18.9 Å². The third-order valence-electron chi connectivity index (χ3n) is 14.9. The SMILES string of the molecule is Clc1ccc2c(c1)C(c1ccccc1)c1ccccc1C2c1ccccc1.O=C1c2ccccc2C(=O)c2cc(Cl)ccc21.OC1(c2ccccc2)c2ccccc2C(O)(c2ccccc2)c2cc(Cl)ccc21.[Li+].[c-]1ccccc1. The van der Waals surface area contributed by atoms with Crippen molar-refractivity contribution in [1.82, 2.24) is 0 Å². The third-order valence-corrected chi connectivity index (χ3v) is 15.6. The molecule has 3 aliphatic rings. The zero-order chi connectivity index (χ0) is 54.5. The van der Waals surface area contributed by atoms with Crippen molar-refractivity contribution in [3.05, 3.63) is 389 Å². The summed E-state index contributed by atoms with van der Waals surface area (Å²) in [6.07, 6.45) is 0. The van der Waals surface area contributed by atoms with E-state index in [1.54, 1.807) is 54.6 Å². The van der Waals surface area contributed by atoms with Gasteiger partial charge in [0.15, 0.2) is 11.6 Å². The number of hydrogen-bond acceptors (Lipinski definition) is 4. The van der Waals surface area contributed by atoms with Crippen molar-refractivity contribution in [3.63, 3.8) is 0 Å². The number of halogens is 3. The molecule has 384 valence electrons. The summed E-state index contributed by atoms with van der Waals surface area (Å²) in [6, 6.07) is 92.8. The Morgan fingerprint density at radius 3 is 1.20 bits per heavy atom. The van der Waals surface area contributed by atoms with Crippen LogP contribution in [0.2, 0.25) is 15.1 Å². The third kappa shape index (κ3) is 10.6. The van der Waals surface area contributed by atoms with Gasteiger partial charge in [0.25, 0.3) is 0 Å². The summed E-state index contributed by atoms with van der Waals surface area (Å²) >= 11 is 18.7. The van der Waals surface area contributed by atoms with Gasteiger partial charge in [0.1, 0.15) is 11.2 Å². The molecule has 80 heavy (non-hydrogen) atoms. The summed E-state index contributed by atoms with van der Waals surface area (Å²) in [5.41, 5.74) is 10.9. The monoisotopic (exact) mass is 1090 g/mol. The molecule has 2 N–H and O–H groups in total. The normalized spacial score (nSPS) is 17.6. The molecule has 0 fully saturated rings. The van der Waals surface area contributed by atoms with Crippen LogP contribution < -0.4 is 18.9 Å². The summed E-state index contributed by atoms with van der Waals surface area (Å²) in [4.78, 5) is 24.4. The van der Waals surface area contributed by atoms with Crippen LogP contribution in [0.1, 0.15) is 110 Å². The zero-order valence-electron chi connectivity index (χ0n) is 43.6. The van der Waals surface area contributed by atoms with Crippen molar-refractivity contribution in [2.75, 3.05) is 0 Å². The average Bonchev–Trinajstić information content (AvgIpc) is 3.54. The van der Waals surface area contributed by atoms with Crippen LogP contribution in [0.15, 0.2) is 279 Å². The molecule has 4 atom stereocenters. The molecule has 0 bridgehead atoms. The molecule has 8 heteroatoms. The molecular weight excluding hydrogens is 1040 g/mol. The van der Waals surface area contributed by atoms with E-state index < -0.39 is 11.2 Å². The van der Waals surface area contributed by atoms with Crippen LogP contribution in [-0.4, -0.2) is 21.8 Å². The van der Waals surface area contributed by atoms with E-state index in [-0.39, 0.29) is 42.3 Å². The number of hydrogen-bond donors (Lipinski definition) is 2. The van der Waals surface area contributed by atoms with Gasteiger partial charge < -0.3 is 10.2 Å². The van der Waals surface area contributed by atoms with Crippen molar-refractivity contribution < 1.29 is 38.7 Å². The molecule has 0 amide bonds. The quantitative estimate of drug-likeness (QED) is 0.136. The van der Waals surface area contributed by atoms with Crippen LogP contribution in [0.25, 0.3) is 0 Å². The average molecular weight is 1090 g/mol. The second kappa shape index (κ2) is 24.3. The van der Waals surface area contributed by atoms with E-state index in [1.807, 2.05) is 127 Å². The predicted molar refractivity (Wildman–Crippen MR) is 318 cm³/mol. The molecule has 0 radical (unpaired) electrons. The molecule has 0 spiro atoms. The Bertz CT molecular complexity index is 3950. The molecule has 11 aromatic rings. The van der Waals surface area contributed by atoms with Gasteiger partial charge in [0, 0.05) is 54.7 Å². The number of aliphatic hydroxyl groups is 2. The maximum atomic E-state index is 12.2. The molecule has 0 saturated carbocycles. The second-order valence-electron chi connectivity index (χ2n) is 19.4. The molecule has 0 aromatic heterocycles. The zero-order valence-corrected chi connectivity index (χ0v) is 45.8. The largest absolute Gasteiger partial charge is 1.00 e. The van der Waals surface area contributed by atoms with E-state index in [0.29, 0.717) is 54.6 Å². The first kappa shape index (κ1) is 55.5. The Balaban J connectivity index is 0.000000131. The van der Waals surface area contributed by atoms with E-state index in [9.17, 15) is 19.8 Å². The van der Waals surface area contributed by atoms with Gasteiger partial charge in [-0.05, 0) is 104 Å². The molecule has 14 rings (SSSR count). The predicted octanol–water partition coefficient (Wildman–Crippen LogP) is 13.8. The van der Waals surface area contributed by atoms with Crippen molar-refractivity contribution in [2.45, 2.75) is 23.0 Å². The van der Waals surface area contributed by atoms with Gasteiger partial charge in [-0.3, -0.25) is 9.59 Å². The van der Waals surface area contributed by atoms with Gasteiger partial charge in [-0.1, -0.05) is 241 Å². The van der Waals surface area contributed by atoms with Crippen molar-refractivity contribution in [1.29, 1.82) is 0 Å². The minimum Gasteiger partial charge on any atom is -0.376 e. The molecule has 3 aliphatic carbocycles. The second-order valence-corrected chi connectivity index (χ2v) is 20.8. The first-order valence-electron chi connectivity index (χ1n) is 25.9. The maximum Gasteiger partial charge on any atom is 1.00 e. The molecule has 0 saturated heterocycles. The smallest absolute Gasteiger partial charge is 0.376 e. The molecule has 0 aliphatic heterocycles. The van der Waals surface area contributed by atoms with E-state index >= 15 is 0 Å². The Hall–Kier alpha value is -7.85. The Morgan fingerprint density at radius 1 is 0.325 bits per heavy atom. The minimum atomic E-state index is -1.43. The Labute approximate surface area is 493 Å². The minimum absolute atomic E-state index is 0. The number of carbonyl (C=O) groups is 2. The fourth-order valence-corrected chi connectivity index (χ4v) is 11.9. The fourth-order valence-electron chi connectivity index (χ4n) is 11.4. The Kier molecular flexibility index (Phi) is 16.8. The Morgan fingerprint density at radius 2 is 0.688 bits per heavy atom. The fraction of sp³-hybridized carbons (Fsp3) is 0.0556. The number of fused-ring (bicyclic) bond motifs is 6. The van der Waals surface area contributed by atoms with Gasteiger partial charge in [0.05, 0.1) is 0 Å². The van der Waals surface area contributed by atoms with E-state index in [4.69, 9.17) is 34.8 Å². The number of carbonyl (C=O) groups excluding carboxylic acids is 2. The molecule has 4 unspecified atom stereocenters. The van der Waals surface area contributed by atoms with Crippen LogP contribution >= 0.6 is 34.8 Å². The van der Waals surface area contributed by atoms with Crippen LogP contribution in [0.4, 0.5) is 0 Å². The summed E-state index contributed by atoms with van der Waals surface area (Å²) in [5, 5.41) is 26.1. The molecule has 4 nitrogen and oxygen atoms in total. The van der Waals surface area contributed by atoms with Crippen molar-refractivity contribution in [2.24, 2.45) is 0 Å². The van der Waals surface area contributed by atoms with Gasteiger partial charge in [-0.2, -0.15) is 36.4 Å². The standard InChI is InChI=1S/C26H19ClO2.C26H19Cl.C14H7ClO2.C6H5.Li/c27-20-15-16-23-24(17-20)26(29,19-11-5-2-6-12-19)22-14-8-7-13-21(22)25(23,28)18-9-3-1-4-10-18;27-20-15-16-23-24(17-20)26(19-11-5-2-6-12-19)22-14-8-7-13-21(22)25(23)18-9-3-1-4-10-18;15-8-5-6-11-12(7-8)14(17)10-4-2-1-3-9(10)13(11)16;1-2-4-6-5-3-1;/h1-17,28-29H;1-17,25-26H;1-7H;1-5H;/q;;;-1;+1. The van der Waals surface area contributed by atoms with Crippen LogP contribution in [0, 0.1) is 6.07 Å². The van der Waals surface area contributed by atoms with Crippen LogP contribution in [-0.2, 0) is 11.2 Å². The topological polar surface area (TPSA) is 74.6 Å². The maximum absolute atomic E-state index is 12.2. The molecular formula is C72H50Cl3LiO4. The van der Waals surface area contributed by atoms with Gasteiger partial charge in [-0.25, -0.2) is 0 Å². The molecule has 0 heterocycles. The number of ketones is 2. The number of benzene rings is 11. The summed E-state index contributed by atoms with van der Waals surface area (Å²) in [6.45, 7) is 0. The van der Waals surface area contributed by atoms with E-state index in [0.717, 1.165) is 16.1 Å². The summed E-state index contributed by atoms with van der Waals surface area (Å²) in [7, 11) is 0. The first-order valence-corrected chi connectivity index (χ1v) is 27.0. The van der Waals surface area contributed by atoms with Gasteiger partial charge in [-0.15, -0.1) is 0 Å². The van der Waals surface area contributed by atoms with Gasteiger partial charge in [0.2, 0.25) is 0 Å². The van der Waals surface area contributed by atoms with Crippen LogP contribution in [0.5, 0.6) is 0 Å². The summed E-state index contributed by atoms with van der Waals surface area (Å²) < 4.78 is 0. The first-order chi connectivity index (χ1) is 38.6. The van der Waals surface area contributed by atoms with E-state index in [1.165, 1.54) is 33.4 Å². The summed E-state index contributed by atoms with van der Waals surface area (Å²) in [5.74, 6) is 0.176. The van der Waals surface area contributed by atoms with Crippen molar-refractivity contribution in [3.8, 4) is 0 Å². The molecule has 11 aromatic carbocycles. The van der Waals surface area contributed by atoms with Crippen molar-refractivity contribution >= 4 is 46.4 Å². The number of rotatable bonds is 4. The van der Waals surface area contributed by atoms with Crippen LogP contribution in [0.3, 0.4) is 0 Å². The van der Waals surface area contributed by atoms with E-state index in [2.05, 4.69) is 103 Å².